The number of rotatable bonds is 7. The molecule has 8 nitrogen and oxygen atoms in total. The molecule has 0 aliphatic carbocycles. The van der Waals surface area contributed by atoms with Crippen molar-refractivity contribution in [2.45, 2.75) is 25.8 Å². The van der Waals surface area contributed by atoms with Gasteiger partial charge >= 0.3 is 0 Å². The van der Waals surface area contributed by atoms with Crippen LogP contribution in [-0.2, 0) is 13.0 Å². The summed E-state index contributed by atoms with van der Waals surface area (Å²) in [6.45, 7) is 3.41. The van der Waals surface area contributed by atoms with Crippen molar-refractivity contribution in [1.29, 1.82) is 0 Å². The monoisotopic (exact) mass is 379 g/mol. The molecule has 1 aliphatic heterocycles. The first-order valence-electron chi connectivity index (χ1n) is 9.76. The Labute approximate surface area is 163 Å². The molecule has 1 atom stereocenters. The first kappa shape index (κ1) is 18.4. The fraction of sp³-hybridized carbons (Fsp3) is 0.400. The van der Waals surface area contributed by atoms with E-state index in [0.29, 0.717) is 24.6 Å². The average molecular weight is 379 g/mol. The van der Waals surface area contributed by atoms with Crippen LogP contribution in [0.15, 0.2) is 48.9 Å². The number of para-hydroxylation sites is 1. The molecule has 0 bridgehead atoms. The van der Waals surface area contributed by atoms with Crippen LogP contribution in [0.2, 0.25) is 0 Å². The maximum Gasteiger partial charge on any atom is 0.273 e. The van der Waals surface area contributed by atoms with Crippen molar-refractivity contribution in [3.05, 3.63) is 60.2 Å². The van der Waals surface area contributed by atoms with Crippen LogP contribution in [0.5, 0.6) is 0 Å². The zero-order chi connectivity index (χ0) is 19.2. The molecule has 1 amide bonds. The molecular weight excluding hydrogens is 354 g/mol. The Morgan fingerprint density at radius 2 is 2.14 bits per heavy atom. The van der Waals surface area contributed by atoms with Gasteiger partial charge < -0.3 is 10.6 Å². The Hall–Kier alpha value is -3.00. The van der Waals surface area contributed by atoms with E-state index in [1.54, 1.807) is 10.9 Å². The Morgan fingerprint density at radius 1 is 1.25 bits per heavy atom. The lowest BCUT2D eigenvalue weighted by molar-refractivity contribution is 0.0949. The highest BCUT2D eigenvalue weighted by Gasteiger charge is 2.16. The van der Waals surface area contributed by atoms with Crippen molar-refractivity contribution in [1.82, 2.24) is 35.4 Å². The number of aromatic nitrogens is 5. The first-order chi connectivity index (χ1) is 13.8. The molecule has 1 aliphatic rings. The first-order valence-corrected chi connectivity index (χ1v) is 9.76. The molecule has 0 radical (unpaired) electrons. The molecule has 1 saturated heterocycles. The summed E-state index contributed by atoms with van der Waals surface area (Å²) in [4.78, 5) is 12.3. The van der Waals surface area contributed by atoms with E-state index in [4.69, 9.17) is 0 Å². The van der Waals surface area contributed by atoms with Crippen molar-refractivity contribution in [3.8, 4) is 5.69 Å². The molecule has 1 aromatic carbocycles. The fourth-order valence-corrected chi connectivity index (χ4v) is 3.46. The van der Waals surface area contributed by atoms with Gasteiger partial charge in [0.15, 0.2) is 5.69 Å². The number of nitrogens with one attached hydrogen (secondary N) is 2. The molecule has 3 heterocycles. The number of carbonyl (C=O) groups excluding carboxylic acids is 1. The van der Waals surface area contributed by atoms with Gasteiger partial charge in [0, 0.05) is 19.3 Å². The minimum absolute atomic E-state index is 0.191. The van der Waals surface area contributed by atoms with E-state index in [1.807, 2.05) is 47.4 Å². The lowest BCUT2D eigenvalue weighted by Crippen LogP contribution is -2.32. The Kier molecular flexibility index (Phi) is 5.77. The highest BCUT2D eigenvalue weighted by atomic mass is 16.2. The van der Waals surface area contributed by atoms with Gasteiger partial charge in [0.2, 0.25) is 0 Å². The van der Waals surface area contributed by atoms with Gasteiger partial charge in [-0.3, -0.25) is 9.48 Å². The molecular formula is C20H25N7O. The third kappa shape index (κ3) is 4.64. The van der Waals surface area contributed by atoms with E-state index in [9.17, 15) is 4.79 Å². The summed E-state index contributed by atoms with van der Waals surface area (Å²) in [5, 5.41) is 18.8. The second kappa shape index (κ2) is 8.79. The smallest absolute Gasteiger partial charge is 0.273 e. The molecule has 4 rings (SSSR count). The number of hydrogen-bond donors (Lipinski definition) is 2. The molecule has 3 aromatic rings. The molecule has 146 valence electrons. The summed E-state index contributed by atoms with van der Waals surface area (Å²) >= 11 is 0. The van der Waals surface area contributed by atoms with E-state index in [-0.39, 0.29) is 5.91 Å². The summed E-state index contributed by atoms with van der Waals surface area (Å²) in [6.07, 6.45) is 8.63. The van der Waals surface area contributed by atoms with Gasteiger partial charge in [-0.15, -0.1) is 5.10 Å². The summed E-state index contributed by atoms with van der Waals surface area (Å²) in [7, 11) is 0. The second-order valence-corrected chi connectivity index (χ2v) is 7.17. The Bertz CT molecular complexity index is 896. The van der Waals surface area contributed by atoms with Crippen molar-refractivity contribution in [2.75, 3.05) is 19.6 Å². The highest BCUT2D eigenvalue weighted by molar-refractivity contribution is 5.91. The van der Waals surface area contributed by atoms with Crippen molar-refractivity contribution in [2.24, 2.45) is 5.92 Å². The van der Waals surface area contributed by atoms with Crippen LogP contribution in [0.4, 0.5) is 0 Å². The van der Waals surface area contributed by atoms with Crippen LogP contribution in [0, 0.1) is 5.92 Å². The van der Waals surface area contributed by atoms with E-state index in [0.717, 1.165) is 30.9 Å². The van der Waals surface area contributed by atoms with Crippen molar-refractivity contribution < 1.29 is 4.79 Å². The predicted molar refractivity (Wildman–Crippen MR) is 105 cm³/mol. The highest BCUT2D eigenvalue weighted by Crippen LogP contribution is 2.12. The van der Waals surface area contributed by atoms with Gasteiger partial charge in [-0.1, -0.05) is 23.4 Å². The normalized spacial score (nSPS) is 16.8. The molecule has 28 heavy (non-hydrogen) atoms. The summed E-state index contributed by atoms with van der Waals surface area (Å²) in [5.41, 5.74) is 2.45. The predicted octanol–water partition coefficient (Wildman–Crippen LogP) is 1.44. The zero-order valence-electron chi connectivity index (χ0n) is 15.8. The van der Waals surface area contributed by atoms with Gasteiger partial charge in [-0.05, 0) is 56.0 Å². The lowest BCUT2D eigenvalue weighted by atomic mass is 10.00. The molecule has 8 heteroatoms. The zero-order valence-corrected chi connectivity index (χ0v) is 15.8. The number of benzene rings is 1. The number of nitrogens with zero attached hydrogens (tertiary/aromatic N) is 5. The van der Waals surface area contributed by atoms with E-state index >= 15 is 0 Å². The number of piperidine rings is 1. The minimum atomic E-state index is -0.191. The number of carbonyl (C=O) groups is 1. The fourth-order valence-electron chi connectivity index (χ4n) is 3.46. The topological polar surface area (TPSA) is 89.7 Å². The van der Waals surface area contributed by atoms with Crippen molar-refractivity contribution >= 4 is 5.91 Å². The van der Waals surface area contributed by atoms with Crippen LogP contribution in [0.25, 0.3) is 5.69 Å². The second-order valence-electron chi connectivity index (χ2n) is 7.17. The summed E-state index contributed by atoms with van der Waals surface area (Å²) < 4.78 is 3.61. The van der Waals surface area contributed by atoms with Crippen LogP contribution in [0.1, 0.15) is 28.9 Å². The largest absolute Gasteiger partial charge is 0.350 e. The van der Waals surface area contributed by atoms with E-state index in [2.05, 4.69) is 26.0 Å². The Morgan fingerprint density at radius 3 is 2.96 bits per heavy atom. The molecule has 0 spiro atoms. The van der Waals surface area contributed by atoms with E-state index in [1.165, 1.54) is 12.8 Å². The van der Waals surface area contributed by atoms with Gasteiger partial charge in [0.05, 0.1) is 18.1 Å². The van der Waals surface area contributed by atoms with Gasteiger partial charge in [0.1, 0.15) is 0 Å². The standard InChI is InChI=1S/C20H25N7O/c28-20(19-15-26(25-24-19)13-16-5-4-9-21-11-16)22-10-8-17-12-23-27(14-17)18-6-2-1-3-7-18/h1-3,6-7,12,14-16,21H,4-5,8-11,13H2,(H,22,28)/t16-/m1/s1. The average Bonchev–Trinajstić information content (AvgIpc) is 3.39. The number of amides is 1. The van der Waals surface area contributed by atoms with Crippen LogP contribution < -0.4 is 10.6 Å². The van der Waals surface area contributed by atoms with Crippen LogP contribution >= 0.6 is 0 Å². The third-order valence-electron chi connectivity index (χ3n) is 4.97. The van der Waals surface area contributed by atoms with Crippen LogP contribution in [-0.4, -0.2) is 50.3 Å². The SMILES string of the molecule is O=C(NCCc1cnn(-c2ccccc2)c1)c1cn(C[C@@H]2CCCNC2)nn1. The number of hydrogen-bond acceptors (Lipinski definition) is 5. The Balaban J connectivity index is 1.25. The minimum Gasteiger partial charge on any atom is -0.350 e. The maximum atomic E-state index is 12.3. The van der Waals surface area contributed by atoms with Gasteiger partial charge in [0.25, 0.3) is 5.91 Å². The maximum absolute atomic E-state index is 12.3. The van der Waals surface area contributed by atoms with Crippen LogP contribution in [0.3, 0.4) is 0 Å². The molecule has 2 aromatic heterocycles. The van der Waals surface area contributed by atoms with Crippen molar-refractivity contribution in [3.63, 3.8) is 0 Å². The van der Waals surface area contributed by atoms with Gasteiger partial charge in [-0.2, -0.15) is 5.10 Å². The molecule has 0 unspecified atom stereocenters. The summed E-state index contributed by atoms with van der Waals surface area (Å²) in [5.74, 6) is 0.357. The molecule has 1 fully saturated rings. The summed E-state index contributed by atoms with van der Waals surface area (Å²) in [6, 6.07) is 9.95. The molecule has 2 N–H and O–H groups in total. The molecule has 0 saturated carbocycles. The quantitative estimate of drug-likeness (QED) is 0.648. The van der Waals surface area contributed by atoms with E-state index < -0.39 is 0 Å². The third-order valence-corrected chi connectivity index (χ3v) is 4.97. The van der Waals surface area contributed by atoms with Gasteiger partial charge in [-0.25, -0.2) is 4.68 Å². The lowest BCUT2D eigenvalue weighted by Gasteiger charge is -2.22.